The summed E-state index contributed by atoms with van der Waals surface area (Å²) in [7, 11) is 0. The van der Waals surface area contributed by atoms with Gasteiger partial charge in [0.25, 0.3) is 0 Å². The standard InChI is InChI=1S/C25H25Cl2FN2O4/c1-15(2)30-14-20(25(33)34)24(32)19-11-21(28)18(12-22(19)30)23(31)17-5-3-4-16(10-17)13-29(8-6-26)9-7-27/h3-5,10-12,14-15H,6-9,13H2,1-2H3,(H,33,34). The average Bonchev–Trinajstić information content (AvgIpc) is 2.79. The van der Waals surface area contributed by atoms with Crippen LogP contribution in [0.2, 0.25) is 0 Å². The highest BCUT2D eigenvalue weighted by Gasteiger charge is 2.21. The molecule has 2 aromatic carbocycles. The maximum absolute atomic E-state index is 15.1. The molecule has 1 aromatic heterocycles. The van der Waals surface area contributed by atoms with Crippen LogP contribution < -0.4 is 5.43 Å². The number of benzene rings is 2. The van der Waals surface area contributed by atoms with Crippen molar-refractivity contribution in [3.8, 4) is 0 Å². The molecule has 180 valence electrons. The van der Waals surface area contributed by atoms with E-state index in [1.807, 2.05) is 6.07 Å². The minimum Gasteiger partial charge on any atom is -0.477 e. The van der Waals surface area contributed by atoms with Crippen LogP contribution in [0.3, 0.4) is 0 Å². The van der Waals surface area contributed by atoms with Gasteiger partial charge in [0, 0.05) is 54.6 Å². The van der Waals surface area contributed by atoms with Crippen LogP contribution in [0.4, 0.5) is 4.39 Å². The van der Waals surface area contributed by atoms with Crippen molar-refractivity contribution in [2.45, 2.75) is 26.4 Å². The zero-order valence-electron chi connectivity index (χ0n) is 18.9. The van der Waals surface area contributed by atoms with E-state index in [0.29, 0.717) is 42.5 Å². The number of fused-ring (bicyclic) bond motifs is 1. The molecule has 0 aliphatic carbocycles. The minimum atomic E-state index is -1.39. The first-order chi connectivity index (χ1) is 16.2. The number of nitrogens with zero attached hydrogens (tertiary/aromatic N) is 2. The number of rotatable bonds is 10. The number of ketones is 1. The Hall–Kier alpha value is -2.74. The largest absolute Gasteiger partial charge is 0.477 e. The van der Waals surface area contributed by atoms with Gasteiger partial charge >= 0.3 is 5.97 Å². The smallest absolute Gasteiger partial charge is 0.341 e. The third-order valence-corrected chi connectivity index (χ3v) is 5.89. The molecular formula is C25H25Cl2FN2O4. The summed E-state index contributed by atoms with van der Waals surface area (Å²) in [5.41, 5.74) is 0.00510. The Morgan fingerprint density at radius 1 is 1.09 bits per heavy atom. The molecule has 1 heterocycles. The lowest BCUT2D eigenvalue weighted by atomic mass is 9.98. The Labute approximate surface area is 206 Å². The van der Waals surface area contributed by atoms with Crippen molar-refractivity contribution in [1.82, 2.24) is 9.47 Å². The number of aromatic nitrogens is 1. The van der Waals surface area contributed by atoms with Gasteiger partial charge in [0.2, 0.25) is 5.43 Å². The fraction of sp³-hybridized carbons (Fsp3) is 0.320. The predicted molar refractivity (Wildman–Crippen MR) is 132 cm³/mol. The lowest BCUT2D eigenvalue weighted by Gasteiger charge is -2.20. The fourth-order valence-electron chi connectivity index (χ4n) is 3.86. The summed E-state index contributed by atoms with van der Waals surface area (Å²) in [6.45, 7) is 5.41. The summed E-state index contributed by atoms with van der Waals surface area (Å²) in [5.74, 6) is -1.93. The van der Waals surface area contributed by atoms with Crippen LogP contribution >= 0.6 is 23.2 Å². The van der Waals surface area contributed by atoms with E-state index < -0.39 is 28.6 Å². The zero-order chi connectivity index (χ0) is 25.0. The Morgan fingerprint density at radius 2 is 1.76 bits per heavy atom. The lowest BCUT2D eigenvalue weighted by Crippen LogP contribution is -2.27. The second kappa shape index (κ2) is 11.1. The first-order valence-corrected chi connectivity index (χ1v) is 11.8. The molecule has 34 heavy (non-hydrogen) atoms. The topological polar surface area (TPSA) is 79.6 Å². The van der Waals surface area contributed by atoms with Crippen molar-refractivity contribution in [3.63, 3.8) is 0 Å². The minimum absolute atomic E-state index is 0.0887. The van der Waals surface area contributed by atoms with Gasteiger partial charge in [-0.15, -0.1) is 23.2 Å². The van der Waals surface area contributed by atoms with Gasteiger partial charge < -0.3 is 9.67 Å². The van der Waals surface area contributed by atoms with Crippen LogP contribution in [0.15, 0.2) is 47.4 Å². The van der Waals surface area contributed by atoms with Crippen LogP contribution in [0.1, 0.15) is 51.7 Å². The van der Waals surface area contributed by atoms with Crippen LogP contribution in [0.5, 0.6) is 0 Å². The van der Waals surface area contributed by atoms with E-state index in [2.05, 4.69) is 4.90 Å². The molecule has 0 bridgehead atoms. The van der Waals surface area contributed by atoms with Gasteiger partial charge in [0.15, 0.2) is 5.78 Å². The second-order valence-electron chi connectivity index (χ2n) is 8.21. The molecule has 0 unspecified atom stereocenters. The van der Waals surface area contributed by atoms with Gasteiger partial charge in [0.05, 0.1) is 11.1 Å². The van der Waals surface area contributed by atoms with Crippen molar-refractivity contribution in [1.29, 1.82) is 0 Å². The summed E-state index contributed by atoms with van der Waals surface area (Å²) >= 11 is 11.7. The van der Waals surface area contributed by atoms with E-state index in [9.17, 15) is 19.5 Å². The van der Waals surface area contributed by atoms with Gasteiger partial charge in [-0.05, 0) is 37.6 Å². The lowest BCUT2D eigenvalue weighted by molar-refractivity contribution is 0.0694. The highest BCUT2D eigenvalue weighted by atomic mass is 35.5. The Bertz CT molecular complexity index is 1280. The Morgan fingerprint density at radius 3 is 2.35 bits per heavy atom. The predicted octanol–water partition coefficient (Wildman–Crippen LogP) is 4.93. The summed E-state index contributed by atoms with van der Waals surface area (Å²) in [4.78, 5) is 39.5. The number of carboxylic acid groups (broad SMARTS) is 1. The highest BCUT2D eigenvalue weighted by molar-refractivity contribution is 6.18. The first-order valence-electron chi connectivity index (χ1n) is 10.8. The molecule has 0 saturated heterocycles. The molecule has 6 nitrogen and oxygen atoms in total. The van der Waals surface area contributed by atoms with Crippen molar-refractivity contribution in [2.24, 2.45) is 0 Å². The van der Waals surface area contributed by atoms with E-state index in [4.69, 9.17) is 23.2 Å². The maximum Gasteiger partial charge on any atom is 0.341 e. The van der Waals surface area contributed by atoms with Crippen LogP contribution in [-0.4, -0.2) is 51.2 Å². The summed E-state index contributed by atoms with van der Waals surface area (Å²) in [5, 5.41) is 9.28. The second-order valence-corrected chi connectivity index (χ2v) is 8.97. The van der Waals surface area contributed by atoms with Crippen LogP contribution in [0.25, 0.3) is 10.9 Å². The number of pyridine rings is 1. The van der Waals surface area contributed by atoms with Gasteiger partial charge in [-0.2, -0.15) is 0 Å². The average molecular weight is 507 g/mol. The quantitative estimate of drug-likeness (QED) is 0.311. The maximum atomic E-state index is 15.1. The van der Waals surface area contributed by atoms with E-state index in [0.717, 1.165) is 11.6 Å². The third kappa shape index (κ3) is 5.49. The molecule has 0 spiro atoms. The SMILES string of the molecule is CC(C)n1cc(C(=O)O)c(=O)c2cc(F)c(C(=O)c3cccc(CN(CCCl)CCCl)c3)cc21. The van der Waals surface area contributed by atoms with E-state index in [1.165, 1.54) is 12.3 Å². The molecule has 0 fully saturated rings. The van der Waals surface area contributed by atoms with Gasteiger partial charge in [-0.25, -0.2) is 9.18 Å². The Balaban J connectivity index is 2.07. The summed E-state index contributed by atoms with van der Waals surface area (Å²) < 4.78 is 16.6. The van der Waals surface area contributed by atoms with E-state index in [-0.39, 0.29) is 17.0 Å². The molecule has 9 heteroatoms. The number of alkyl halides is 2. The number of carbonyl (C=O) groups excluding carboxylic acids is 1. The van der Waals surface area contributed by atoms with Crippen LogP contribution in [0, 0.1) is 5.82 Å². The van der Waals surface area contributed by atoms with Crippen molar-refractivity contribution in [3.05, 3.63) is 80.9 Å². The number of carbonyl (C=O) groups is 2. The molecule has 0 radical (unpaired) electrons. The highest BCUT2D eigenvalue weighted by Crippen LogP contribution is 2.24. The van der Waals surface area contributed by atoms with Gasteiger partial charge in [0.1, 0.15) is 11.4 Å². The molecule has 0 atom stereocenters. The molecule has 0 saturated carbocycles. The first kappa shape index (κ1) is 25.9. The number of hydrogen-bond donors (Lipinski definition) is 1. The molecule has 3 aromatic rings. The van der Waals surface area contributed by atoms with E-state index in [1.54, 1.807) is 36.6 Å². The molecule has 0 amide bonds. The molecule has 0 aliphatic heterocycles. The van der Waals surface area contributed by atoms with Crippen molar-refractivity contribution >= 4 is 45.9 Å². The number of aromatic carboxylic acids is 1. The zero-order valence-corrected chi connectivity index (χ0v) is 20.4. The summed E-state index contributed by atoms with van der Waals surface area (Å²) in [6, 6.07) is 8.93. The number of hydrogen-bond acceptors (Lipinski definition) is 4. The van der Waals surface area contributed by atoms with Crippen LogP contribution in [-0.2, 0) is 6.54 Å². The molecule has 0 aliphatic rings. The van der Waals surface area contributed by atoms with Crippen molar-refractivity contribution < 1.29 is 19.1 Å². The van der Waals surface area contributed by atoms with Gasteiger partial charge in [-0.1, -0.05) is 18.2 Å². The normalized spacial score (nSPS) is 11.5. The molecule has 1 N–H and O–H groups in total. The fourth-order valence-corrected chi connectivity index (χ4v) is 4.33. The summed E-state index contributed by atoms with van der Waals surface area (Å²) in [6.07, 6.45) is 1.23. The van der Waals surface area contributed by atoms with E-state index >= 15 is 4.39 Å². The van der Waals surface area contributed by atoms with Crippen molar-refractivity contribution in [2.75, 3.05) is 24.8 Å². The Kier molecular flexibility index (Phi) is 8.47. The van der Waals surface area contributed by atoms with Gasteiger partial charge in [-0.3, -0.25) is 14.5 Å². The molecular weight excluding hydrogens is 482 g/mol. The number of carboxylic acids is 1. The number of halogens is 3. The third-order valence-electron chi connectivity index (χ3n) is 5.55. The molecule has 3 rings (SSSR count). The monoisotopic (exact) mass is 506 g/mol.